The van der Waals surface area contributed by atoms with Crippen molar-refractivity contribution in [3.63, 3.8) is 0 Å². The quantitative estimate of drug-likeness (QED) is 0.237. The molecular formula is C27H22Cl2N6O3. The van der Waals surface area contributed by atoms with Crippen LogP contribution in [0.25, 0.3) is 39.1 Å². The molecule has 38 heavy (non-hydrogen) atoms. The first-order valence-electron chi connectivity index (χ1n) is 11.4. The molecule has 2 N–H and O–H groups in total. The number of nitrogens with one attached hydrogen (secondary N) is 2. The number of imidazole rings is 1. The fraction of sp³-hybridized carbons (Fsp3) is 0.111. The average Bonchev–Trinajstić information content (AvgIpc) is 3.39. The maximum Gasteiger partial charge on any atom is 0.247 e. The van der Waals surface area contributed by atoms with E-state index in [2.05, 4.69) is 27.2 Å². The SMILES string of the molecule is C=CC(=O)Nc1ccc(-c2cn3c(n2)c(-c2c(Cl)c(OC)cc(OC)c2Cl)cc2cnc(NC)nc23)cc1. The summed E-state index contributed by atoms with van der Waals surface area (Å²) in [4.78, 5) is 25.6. The number of aromatic nitrogens is 4. The van der Waals surface area contributed by atoms with Gasteiger partial charge in [0.05, 0.1) is 30.0 Å². The highest BCUT2D eigenvalue weighted by molar-refractivity contribution is 6.41. The van der Waals surface area contributed by atoms with Crippen molar-refractivity contribution in [1.29, 1.82) is 0 Å². The van der Waals surface area contributed by atoms with Gasteiger partial charge in [0.25, 0.3) is 0 Å². The number of carbonyl (C=O) groups is 1. The Hall–Kier alpha value is -4.34. The molecule has 0 unspecified atom stereocenters. The van der Waals surface area contributed by atoms with Crippen LogP contribution >= 0.6 is 23.2 Å². The number of hydrogen-bond acceptors (Lipinski definition) is 7. The lowest BCUT2D eigenvalue weighted by Gasteiger charge is -2.16. The van der Waals surface area contributed by atoms with Crippen LogP contribution in [0.2, 0.25) is 10.0 Å². The molecule has 11 heteroatoms. The highest BCUT2D eigenvalue weighted by Crippen LogP contribution is 2.47. The highest BCUT2D eigenvalue weighted by Gasteiger charge is 2.23. The number of carbonyl (C=O) groups excluding carboxylic acids is 1. The van der Waals surface area contributed by atoms with Gasteiger partial charge in [-0.25, -0.2) is 9.97 Å². The molecule has 192 valence electrons. The van der Waals surface area contributed by atoms with Crippen molar-refractivity contribution in [1.82, 2.24) is 19.4 Å². The lowest BCUT2D eigenvalue weighted by atomic mass is 10.0. The van der Waals surface area contributed by atoms with Crippen LogP contribution in [0.15, 0.2) is 61.4 Å². The smallest absolute Gasteiger partial charge is 0.247 e. The van der Waals surface area contributed by atoms with E-state index in [0.29, 0.717) is 61.3 Å². The van der Waals surface area contributed by atoms with Gasteiger partial charge in [-0.15, -0.1) is 0 Å². The first-order chi connectivity index (χ1) is 18.4. The fourth-order valence-electron chi connectivity index (χ4n) is 4.11. The monoisotopic (exact) mass is 548 g/mol. The van der Waals surface area contributed by atoms with Crippen molar-refractivity contribution in [2.75, 3.05) is 31.9 Å². The van der Waals surface area contributed by atoms with E-state index >= 15 is 0 Å². The Morgan fingerprint density at radius 3 is 2.32 bits per heavy atom. The maximum absolute atomic E-state index is 11.6. The molecule has 5 aromatic rings. The maximum atomic E-state index is 11.6. The van der Waals surface area contributed by atoms with E-state index in [4.69, 9.17) is 37.7 Å². The molecular weight excluding hydrogens is 527 g/mol. The number of pyridine rings is 1. The molecule has 0 bridgehead atoms. The van der Waals surface area contributed by atoms with Crippen LogP contribution in [0.1, 0.15) is 0 Å². The average molecular weight is 549 g/mol. The topological polar surface area (TPSA) is 103 Å². The lowest BCUT2D eigenvalue weighted by Crippen LogP contribution is -2.06. The Morgan fingerprint density at radius 2 is 1.71 bits per heavy atom. The molecule has 0 aliphatic rings. The Balaban J connectivity index is 1.78. The second-order valence-electron chi connectivity index (χ2n) is 8.16. The molecule has 0 fully saturated rings. The second-order valence-corrected chi connectivity index (χ2v) is 8.91. The van der Waals surface area contributed by atoms with Crippen LogP contribution < -0.4 is 20.1 Å². The Kier molecular flexibility index (Phi) is 6.79. The summed E-state index contributed by atoms with van der Waals surface area (Å²) in [7, 11) is 4.80. The molecule has 0 radical (unpaired) electrons. The van der Waals surface area contributed by atoms with Gasteiger partial charge >= 0.3 is 0 Å². The van der Waals surface area contributed by atoms with Crippen LogP contribution in [0.3, 0.4) is 0 Å². The molecule has 0 spiro atoms. The Morgan fingerprint density at radius 1 is 1.03 bits per heavy atom. The van der Waals surface area contributed by atoms with E-state index in [0.717, 1.165) is 10.9 Å². The van der Waals surface area contributed by atoms with E-state index in [1.165, 1.54) is 20.3 Å². The third kappa shape index (κ3) is 4.36. The molecule has 0 atom stereocenters. The van der Waals surface area contributed by atoms with Gasteiger partial charge in [-0.3, -0.25) is 9.20 Å². The fourth-order valence-corrected chi connectivity index (χ4v) is 4.82. The van der Waals surface area contributed by atoms with Crippen molar-refractivity contribution in [3.8, 4) is 33.9 Å². The van der Waals surface area contributed by atoms with E-state index in [1.807, 2.05) is 28.8 Å². The van der Waals surface area contributed by atoms with Gasteiger partial charge in [-0.2, -0.15) is 4.98 Å². The summed E-state index contributed by atoms with van der Waals surface area (Å²) >= 11 is 13.6. The lowest BCUT2D eigenvalue weighted by molar-refractivity contribution is -0.111. The minimum atomic E-state index is -0.288. The molecule has 0 aliphatic heterocycles. The normalized spacial score (nSPS) is 11.0. The minimum absolute atomic E-state index is 0.288. The van der Waals surface area contributed by atoms with Crippen LogP contribution in [0, 0.1) is 0 Å². The molecule has 9 nitrogen and oxygen atoms in total. The number of hydrogen-bond donors (Lipinski definition) is 2. The van der Waals surface area contributed by atoms with Crippen molar-refractivity contribution in [2.45, 2.75) is 0 Å². The van der Waals surface area contributed by atoms with Crippen molar-refractivity contribution < 1.29 is 14.3 Å². The number of ether oxygens (including phenoxy) is 2. The first kappa shape index (κ1) is 25.3. The number of halogens is 2. The zero-order valence-corrected chi connectivity index (χ0v) is 22.2. The van der Waals surface area contributed by atoms with Gasteiger partial charge < -0.3 is 20.1 Å². The predicted octanol–water partition coefficient (Wildman–Crippen LogP) is 6.10. The summed E-state index contributed by atoms with van der Waals surface area (Å²) in [6.07, 6.45) is 4.81. The van der Waals surface area contributed by atoms with Crippen molar-refractivity contribution in [3.05, 3.63) is 71.5 Å². The Bertz CT molecular complexity index is 1690. The van der Waals surface area contributed by atoms with E-state index in [-0.39, 0.29) is 5.91 Å². The van der Waals surface area contributed by atoms with Crippen molar-refractivity contribution in [2.24, 2.45) is 0 Å². The summed E-state index contributed by atoms with van der Waals surface area (Å²) in [6.45, 7) is 3.48. The van der Waals surface area contributed by atoms with Gasteiger partial charge in [0, 0.05) is 53.3 Å². The molecule has 5 rings (SSSR count). The summed E-state index contributed by atoms with van der Waals surface area (Å²) in [6, 6.07) is 10.8. The van der Waals surface area contributed by atoms with Crippen LogP contribution in [-0.4, -0.2) is 46.5 Å². The van der Waals surface area contributed by atoms with Crippen molar-refractivity contribution >= 4 is 57.4 Å². The predicted molar refractivity (Wildman–Crippen MR) is 151 cm³/mol. The standard InChI is InChI=1S/C27H22Cl2N6O3/c1-5-21(36)32-16-8-6-14(7-9-16)18-13-35-25-15(12-31-27(30-2)34-25)10-17(26(35)33-18)22-23(28)19(37-3)11-20(38-4)24(22)29/h5-13H,1H2,2-4H3,(H,32,36)(H,30,31,34). The molecule has 1 amide bonds. The van der Waals surface area contributed by atoms with Crippen LogP contribution in [0.4, 0.5) is 11.6 Å². The molecule has 3 heterocycles. The summed E-state index contributed by atoms with van der Waals surface area (Å²) in [5, 5.41) is 7.09. The van der Waals surface area contributed by atoms with Gasteiger partial charge in [-0.05, 0) is 24.3 Å². The van der Waals surface area contributed by atoms with Crippen LogP contribution in [0.5, 0.6) is 11.5 Å². The van der Waals surface area contributed by atoms with Gasteiger partial charge in [0.2, 0.25) is 11.9 Å². The highest BCUT2D eigenvalue weighted by atomic mass is 35.5. The second kappa shape index (κ2) is 10.2. The van der Waals surface area contributed by atoms with E-state index in [9.17, 15) is 4.79 Å². The number of nitrogens with zero attached hydrogens (tertiary/aromatic N) is 4. The summed E-state index contributed by atoms with van der Waals surface area (Å²) in [5.74, 6) is 0.992. The zero-order chi connectivity index (χ0) is 27.0. The largest absolute Gasteiger partial charge is 0.495 e. The first-order valence-corrected chi connectivity index (χ1v) is 12.1. The number of anilines is 2. The van der Waals surface area contributed by atoms with Gasteiger partial charge in [0.15, 0.2) is 5.65 Å². The molecule has 0 saturated carbocycles. The number of fused-ring (bicyclic) bond motifs is 3. The van der Waals surface area contributed by atoms with Gasteiger partial charge in [0.1, 0.15) is 17.1 Å². The Labute approximate surface area is 228 Å². The number of benzene rings is 2. The zero-order valence-electron chi connectivity index (χ0n) is 20.7. The third-order valence-electron chi connectivity index (χ3n) is 5.97. The molecule has 3 aromatic heterocycles. The van der Waals surface area contributed by atoms with E-state index in [1.54, 1.807) is 31.4 Å². The molecule has 0 aliphatic carbocycles. The number of methoxy groups -OCH3 is 2. The third-order valence-corrected chi connectivity index (χ3v) is 6.72. The number of rotatable bonds is 7. The minimum Gasteiger partial charge on any atom is -0.495 e. The molecule has 2 aromatic carbocycles. The van der Waals surface area contributed by atoms with E-state index < -0.39 is 0 Å². The molecule has 0 saturated heterocycles. The summed E-state index contributed by atoms with van der Waals surface area (Å²) in [5.41, 5.74) is 4.50. The summed E-state index contributed by atoms with van der Waals surface area (Å²) < 4.78 is 12.8. The van der Waals surface area contributed by atoms with Gasteiger partial charge in [-0.1, -0.05) is 41.9 Å². The number of amides is 1. The van der Waals surface area contributed by atoms with Crippen LogP contribution in [-0.2, 0) is 4.79 Å².